The Morgan fingerprint density at radius 1 is 1.21 bits per heavy atom. The van der Waals surface area contributed by atoms with Gasteiger partial charge in [0, 0.05) is 28.3 Å². The van der Waals surface area contributed by atoms with Gasteiger partial charge in [-0.3, -0.25) is 10.1 Å². The fourth-order valence-corrected chi connectivity index (χ4v) is 2.27. The van der Waals surface area contributed by atoms with Crippen LogP contribution in [0.4, 0.5) is 11.4 Å². The van der Waals surface area contributed by atoms with Gasteiger partial charge in [-0.2, -0.15) is 0 Å². The third-order valence-electron chi connectivity index (χ3n) is 2.93. The summed E-state index contributed by atoms with van der Waals surface area (Å²) in [7, 11) is 0. The molecule has 0 aliphatic carbocycles. The highest BCUT2D eigenvalue weighted by molar-refractivity contribution is 9.10. The fourth-order valence-electron chi connectivity index (χ4n) is 1.84. The second-order valence-electron chi connectivity index (χ2n) is 4.15. The fraction of sp³-hybridized carbons (Fsp3) is 0.143. The van der Waals surface area contributed by atoms with Gasteiger partial charge in [-0.1, -0.05) is 40.2 Å². The first-order chi connectivity index (χ1) is 9.09. The van der Waals surface area contributed by atoms with Crippen LogP contribution in [0.15, 0.2) is 46.9 Å². The van der Waals surface area contributed by atoms with Gasteiger partial charge in [0.25, 0.3) is 5.69 Å². The van der Waals surface area contributed by atoms with Gasteiger partial charge in [0.05, 0.1) is 4.92 Å². The molecule has 0 saturated heterocycles. The smallest absolute Gasteiger partial charge is 0.274 e. The van der Waals surface area contributed by atoms with Crippen LogP contribution in [-0.4, -0.2) is 4.92 Å². The number of nitro benzene ring substituents is 1. The maximum absolute atomic E-state index is 10.9. The molecule has 0 bridgehead atoms. The van der Waals surface area contributed by atoms with Gasteiger partial charge in [0.1, 0.15) is 0 Å². The van der Waals surface area contributed by atoms with Crippen LogP contribution >= 0.6 is 15.9 Å². The molecule has 0 atom stereocenters. The lowest BCUT2D eigenvalue weighted by Crippen LogP contribution is -2.03. The molecule has 0 aliphatic rings. The third-order valence-corrected chi connectivity index (χ3v) is 3.70. The van der Waals surface area contributed by atoms with E-state index in [0.717, 1.165) is 15.7 Å². The van der Waals surface area contributed by atoms with Gasteiger partial charge in [-0.05, 0) is 24.6 Å². The Kier molecular flexibility index (Phi) is 4.16. The van der Waals surface area contributed by atoms with Crippen molar-refractivity contribution in [3.63, 3.8) is 0 Å². The Hall–Kier alpha value is -1.88. The zero-order valence-corrected chi connectivity index (χ0v) is 12.0. The highest BCUT2D eigenvalue weighted by Gasteiger charge is 2.12. The monoisotopic (exact) mass is 320 g/mol. The Morgan fingerprint density at radius 3 is 2.63 bits per heavy atom. The minimum atomic E-state index is -0.362. The number of nitrogens with one attached hydrogen (secondary N) is 1. The van der Waals surface area contributed by atoms with Gasteiger partial charge in [-0.15, -0.1) is 0 Å². The summed E-state index contributed by atoms with van der Waals surface area (Å²) in [4.78, 5) is 10.5. The van der Waals surface area contributed by atoms with E-state index < -0.39 is 0 Å². The number of benzene rings is 2. The predicted molar refractivity (Wildman–Crippen MR) is 79.3 cm³/mol. The molecule has 19 heavy (non-hydrogen) atoms. The van der Waals surface area contributed by atoms with Crippen molar-refractivity contribution >= 4 is 27.3 Å². The molecule has 5 heteroatoms. The quantitative estimate of drug-likeness (QED) is 0.675. The summed E-state index contributed by atoms with van der Waals surface area (Å²) in [5.41, 5.74) is 2.68. The van der Waals surface area contributed by atoms with Crippen molar-refractivity contribution in [1.29, 1.82) is 0 Å². The lowest BCUT2D eigenvalue weighted by atomic mass is 10.1. The molecule has 0 spiro atoms. The first-order valence-electron chi connectivity index (χ1n) is 5.81. The van der Waals surface area contributed by atoms with Crippen LogP contribution in [0.5, 0.6) is 0 Å². The van der Waals surface area contributed by atoms with Crippen molar-refractivity contribution in [2.75, 3.05) is 5.32 Å². The van der Waals surface area contributed by atoms with E-state index in [1.54, 1.807) is 13.0 Å². The van der Waals surface area contributed by atoms with Gasteiger partial charge in [0.2, 0.25) is 0 Å². The number of nitrogens with zero attached hydrogens (tertiary/aromatic N) is 1. The largest absolute Gasteiger partial charge is 0.381 e. The lowest BCUT2D eigenvalue weighted by molar-refractivity contribution is -0.385. The van der Waals surface area contributed by atoms with E-state index >= 15 is 0 Å². The molecule has 2 aromatic rings. The Bertz CT molecular complexity index is 614. The van der Waals surface area contributed by atoms with Crippen LogP contribution in [0, 0.1) is 17.0 Å². The number of nitro groups is 1. The normalized spacial score (nSPS) is 10.2. The summed E-state index contributed by atoms with van der Waals surface area (Å²) in [5.74, 6) is 0. The number of halogens is 1. The van der Waals surface area contributed by atoms with E-state index in [2.05, 4.69) is 21.2 Å². The molecule has 1 N–H and O–H groups in total. The molecule has 2 rings (SSSR count). The summed E-state index contributed by atoms with van der Waals surface area (Å²) in [6, 6.07) is 12.9. The summed E-state index contributed by atoms with van der Waals surface area (Å²) in [6.07, 6.45) is 0. The zero-order valence-electron chi connectivity index (χ0n) is 10.4. The minimum Gasteiger partial charge on any atom is -0.381 e. The molecule has 2 aromatic carbocycles. The van der Waals surface area contributed by atoms with E-state index in [1.165, 1.54) is 6.07 Å². The second kappa shape index (κ2) is 5.84. The standard InChI is InChI=1S/C14H13BrN2O2/c1-10-13(7-4-8-14(10)17(18)19)16-9-11-5-2-3-6-12(11)15/h2-8,16H,9H2,1H3. The van der Waals surface area contributed by atoms with Crippen molar-refractivity contribution in [1.82, 2.24) is 0 Å². The summed E-state index contributed by atoms with van der Waals surface area (Å²) in [5, 5.41) is 14.1. The Labute approximate surface area is 119 Å². The molecule has 0 saturated carbocycles. The zero-order chi connectivity index (χ0) is 13.8. The predicted octanol–water partition coefficient (Wildman–Crippen LogP) is 4.28. The summed E-state index contributed by atoms with van der Waals surface area (Å²) in [6.45, 7) is 2.37. The van der Waals surface area contributed by atoms with Gasteiger partial charge < -0.3 is 5.32 Å². The van der Waals surface area contributed by atoms with Crippen molar-refractivity contribution in [3.05, 3.63) is 68.2 Å². The highest BCUT2D eigenvalue weighted by Crippen LogP contribution is 2.26. The molecule has 0 aromatic heterocycles. The number of rotatable bonds is 4. The molecule has 98 valence electrons. The van der Waals surface area contributed by atoms with Crippen molar-refractivity contribution < 1.29 is 4.92 Å². The van der Waals surface area contributed by atoms with Crippen LogP contribution in [0.1, 0.15) is 11.1 Å². The highest BCUT2D eigenvalue weighted by atomic mass is 79.9. The van der Waals surface area contributed by atoms with Crippen molar-refractivity contribution in [3.8, 4) is 0 Å². The number of hydrogen-bond donors (Lipinski definition) is 1. The average Bonchev–Trinajstić information content (AvgIpc) is 2.39. The van der Waals surface area contributed by atoms with Gasteiger partial charge in [-0.25, -0.2) is 0 Å². The lowest BCUT2D eigenvalue weighted by Gasteiger charge is -2.10. The maximum Gasteiger partial charge on any atom is 0.274 e. The van der Waals surface area contributed by atoms with Gasteiger partial charge in [0.15, 0.2) is 0 Å². The van der Waals surface area contributed by atoms with Crippen LogP contribution in [-0.2, 0) is 6.54 Å². The topological polar surface area (TPSA) is 55.2 Å². The van der Waals surface area contributed by atoms with Crippen LogP contribution in [0.3, 0.4) is 0 Å². The average molecular weight is 321 g/mol. The van der Waals surface area contributed by atoms with Gasteiger partial charge >= 0.3 is 0 Å². The Balaban J connectivity index is 2.19. The third kappa shape index (κ3) is 3.12. The molecule has 4 nitrogen and oxygen atoms in total. The second-order valence-corrected chi connectivity index (χ2v) is 5.01. The van der Waals surface area contributed by atoms with Crippen LogP contribution in [0.25, 0.3) is 0 Å². The van der Waals surface area contributed by atoms with E-state index in [0.29, 0.717) is 12.1 Å². The number of anilines is 1. The summed E-state index contributed by atoms with van der Waals surface area (Å²) < 4.78 is 1.02. The first kappa shape index (κ1) is 13.5. The molecule has 0 radical (unpaired) electrons. The molecule has 0 aliphatic heterocycles. The van der Waals surface area contributed by atoms with E-state index in [4.69, 9.17) is 0 Å². The summed E-state index contributed by atoms with van der Waals surface area (Å²) >= 11 is 3.48. The molecule has 0 heterocycles. The van der Waals surface area contributed by atoms with E-state index in [-0.39, 0.29) is 10.6 Å². The minimum absolute atomic E-state index is 0.136. The van der Waals surface area contributed by atoms with Crippen LogP contribution < -0.4 is 5.32 Å². The van der Waals surface area contributed by atoms with Crippen molar-refractivity contribution in [2.24, 2.45) is 0 Å². The maximum atomic E-state index is 10.9. The molecule has 0 unspecified atom stereocenters. The van der Waals surface area contributed by atoms with Crippen molar-refractivity contribution in [2.45, 2.75) is 13.5 Å². The Morgan fingerprint density at radius 2 is 1.95 bits per heavy atom. The van der Waals surface area contributed by atoms with E-state index in [1.807, 2.05) is 30.3 Å². The van der Waals surface area contributed by atoms with Crippen LogP contribution in [0.2, 0.25) is 0 Å². The first-order valence-corrected chi connectivity index (χ1v) is 6.60. The SMILES string of the molecule is Cc1c(NCc2ccccc2Br)cccc1[N+](=O)[O-]. The molecule has 0 amide bonds. The molecule has 0 fully saturated rings. The van der Waals surface area contributed by atoms with E-state index in [9.17, 15) is 10.1 Å². The number of hydrogen-bond acceptors (Lipinski definition) is 3. The molecular formula is C14H13BrN2O2. The molecular weight excluding hydrogens is 308 g/mol.